The number of likely N-dealkylation sites (tertiary alicyclic amines) is 1. The van der Waals surface area contributed by atoms with E-state index in [1.807, 2.05) is 17.0 Å². The van der Waals surface area contributed by atoms with Crippen molar-refractivity contribution >= 4 is 15.9 Å². The van der Waals surface area contributed by atoms with Gasteiger partial charge in [0.05, 0.1) is 10.8 Å². The van der Waals surface area contributed by atoms with E-state index in [1.165, 1.54) is 11.1 Å². The topological polar surface area (TPSA) is 60.9 Å². The number of carbonyl (C=O) groups is 1. The predicted octanol–water partition coefficient (Wildman–Crippen LogP) is 1.35. The molecule has 3 aliphatic rings. The van der Waals surface area contributed by atoms with Gasteiger partial charge in [-0.2, -0.15) is 4.31 Å². The number of amides is 1. The average Bonchev–Trinajstić information content (AvgIpc) is 3.15. The molecule has 2 fully saturated rings. The molecule has 1 aromatic carbocycles. The van der Waals surface area contributed by atoms with E-state index in [2.05, 4.69) is 11.9 Å². The van der Waals surface area contributed by atoms with Crippen LogP contribution in [0.5, 0.6) is 0 Å². The van der Waals surface area contributed by atoms with Crippen molar-refractivity contribution in [2.75, 3.05) is 46.3 Å². The molecule has 0 aromatic heterocycles. The number of rotatable bonds is 3. The first-order valence-electron chi connectivity index (χ1n) is 10.0. The van der Waals surface area contributed by atoms with Crippen molar-refractivity contribution in [2.45, 2.75) is 37.0 Å². The zero-order chi connectivity index (χ0) is 19.0. The van der Waals surface area contributed by atoms with Crippen LogP contribution < -0.4 is 0 Å². The van der Waals surface area contributed by atoms with Gasteiger partial charge in [0.15, 0.2) is 0 Å². The third-order valence-corrected chi connectivity index (χ3v) is 8.13. The molecule has 27 heavy (non-hydrogen) atoms. The number of piperidine rings is 1. The fraction of sp³-hybridized carbons (Fsp3) is 0.650. The van der Waals surface area contributed by atoms with Gasteiger partial charge >= 0.3 is 0 Å². The second kappa shape index (κ2) is 7.53. The third kappa shape index (κ3) is 3.77. The smallest absolute Gasteiger partial charge is 0.243 e. The van der Waals surface area contributed by atoms with Gasteiger partial charge in [0.1, 0.15) is 0 Å². The molecule has 2 heterocycles. The summed E-state index contributed by atoms with van der Waals surface area (Å²) in [6.07, 6.45) is 5.12. The van der Waals surface area contributed by atoms with Crippen LogP contribution in [0.3, 0.4) is 0 Å². The maximum atomic E-state index is 13.0. The molecule has 1 aliphatic carbocycles. The van der Waals surface area contributed by atoms with E-state index in [-0.39, 0.29) is 11.8 Å². The summed E-state index contributed by atoms with van der Waals surface area (Å²) in [7, 11) is -1.42. The number of hydrogen-bond acceptors (Lipinski definition) is 4. The molecule has 148 valence electrons. The first-order chi connectivity index (χ1) is 12.9. The van der Waals surface area contributed by atoms with E-state index < -0.39 is 10.0 Å². The van der Waals surface area contributed by atoms with E-state index in [0.717, 1.165) is 45.2 Å². The van der Waals surface area contributed by atoms with Gasteiger partial charge in [0.25, 0.3) is 0 Å². The van der Waals surface area contributed by atoms with Gasteiger partial charge in [-0.3, -0.25) is 4.79 Å². The Morgan fingerprint density at radius 1 is 1.00 bits per heavy atom. The van der Waals surface area contributed by atoms with E-state index in [0.29, 0.717) is 31.1 Å². The standard InChI is InChI=1S/C20H29N3O3S/c1-21-9-3-6-18(15-21)20(24)22-10-12-23(13-11-22)27(25,26)19-8-7-16-4-2-5-17(16)14-19/h7-8,14,18H,2-6,9-13,15H2,1H3. The Labute approximate surface area is 162 Å². The maximum Gasteiger partial charge on any atom is 0.243 e. The van der Waals surface area contributed by atoms with Crippen LogP contribution >= 0.6 is 0 Å². The summed E-state index contributed by atoms with van der Waals surface area (Å²) in [6.45, 7) is 3.61. The molecule has 2 aliphatic heterocycles. The molecule has 1 aromatic rings. The molecular formula is C20H29N3O3S. The first-order valence-corrected chi connectivity index (χ1v) is 11.5. The highest BCUT2D eigenvalue weighted by Gasteiger charge is 2.34. The number of carbonyl (C=O) groups excluding carboxylic acids is 1. The molecule has 2 saturated heterocycles. The molecule has 1 amide bonds. The lowest BCUT2D eigenvalue weighted by Crippen LogP contribution is -2.53. The molecule has 0 saturated carbocycles. The number of piperazine rings is 1. The molecule has 1 atom stereocenters. The Morgan fingerprint density at radius 3 is 2.48 bits per heavy atom. The Bertz CT molecular complexity index is 816. The van der Waals surface area contributed by atoms with Crippen molar-refractivity contribution < 1.29 is 13.2 Å². The lowest BCUT2D eigenvalue weighted by molar-refractivity contribution is -0.138. The summed E-state index contributed by atoms with van der Waals surface area (Å²) in [5.74, 6) is 0.250. The average molecular weight is 392 g/mol. The minimum absolute atomic E-state index is 0.0589. The van der Waals surface area contributed by atoms with Crippen molar-refractivity contribution in [2.24, 2.45) is 5.92 Å². The van der Waals surface area contributed by atoms with Gasteiger partial charge in [-0.25, -0.2) is 8.42 Å². The van der Waals surface area contributed by atoms with Crippen LogP contribution in [0.4, 0.5) is 0 Å². The molecule has 0 bridgehead atoms. The summed E-state index contributed by atoms with van der Waals surface area (Å²) in [4.78, 5) is 17.3. The lowest BCUT2D eigenvalue weighted by Gasteiger charge is -2.37. The van der Waals surface area contributed by atoms with E-state index >= 15 is 0 Å². The molecule has 6 nitrogen and oxygen atoms in total. The molecule has 0 N–H and O–H groups in total. The van der Waals surface area contributed by atoms with Crippen LogP contribution in [0.1, 0.15) is 30.4 Å². The Balaban J connectivity index is 1.40. The SMILES string of the molecule is CN1CCCC(C(=O)N2CCN(S(=O)(=O)c3ccc4c(c3)CCC4)CC2)C1. The number of fused-ring (bicyclic) bond motifs is 1. The van der Waals surface area contributed by atoms with E-state index in [1.54, 1.807) is 10.4 Å². The predicted molar refractivity (Wildman–Crippen MR) is 104 cm³/mol. The van der Waals surface area contributed by atoms with E-state index in [9.17, 15) is 13.2 Å². The van der Waals surface area contributed by atoms with Gasteiger partial charge < -0.3 is 9.80 Å². The lowest BCUT2D eigenvalue weighted by atomic mass is 9.97. The Hall–Kier alpha value is -1.44. The molecular weight excluding hydrogens is 362 g/mol. The molecule has 0 spiro atoms. The van der Waals surface area contributed by atoms with Gasteiger partial charge in [-0.1, -0.05) is 6.07 Å². The van der Waals surface area contributed by atoms with Crippen LogP contribution in [0.25, 0.3) is 0 Å². The number of hydrogen-bond donors (Lipinski definition) is 0. The second-order valence-electron chi connectivity index (χ2n) is 8.11. The van der Waals surface area contributed by atoms with Crippen LogP contribution in [0.2, 0.25) is 0 Å². The minimum atomic E-state index is -3.48. The van der Waals surface area contributed by atoms with Crippen LogP contribution in [-0.4, -0.2) is 74.7 Å². The van der Waals surface area contributed by atoms with Crippen molar-refractivity contribution in [1.82, 2.24) is 14.1 Å². The number of sulfonamides is 1. The normalized spacial score (nSPS) is 24.8. The van der Waals surface area contributed by atoms with Crippen LogP contribution in [0.15, 0.2) is 23.1 Å². The zero-order valence-corrected chi connectivity index (χ0v) is 16.9. The highest BCUT2D eigenvalue weighted by Crippen LogP contribution is 2.27. The highest BCUT2D eigenvalue weighted by molar-refractivity contribution is 7.89. The summed E-state index contributed by atoms with van der Waals surface area (Å²) in [5.41, 5.74) is 2.45. The van der Waals surface area contributed by atoms with Gasteiger partial charge in [0, 0.05) is 32.7 Å². The first kappa shape index (κ1) is 18.9. The summed E-state index contributed by atoms with van der Waals surface area (Å²) < 4.78 is 27.6. The quantitative estimate of drug-likeness (QED) is 0.780. The van der Waals surface area contributed by atoms with Crippen LogP contribution in [0, 0.1) is 5.92 Å². The van der Waals surface area contributed by atoms with Gasteiger partial charge in [-0.05, 0) is 69.0 Å². The summed E-state index contributed by atoms with van der Waals surface area (Å²) >= 11 is 0. The summed E-state index contributed by atoms with van der Waals surface area (Å²) in [6, 6.07) is 5.57. The Morgan fingerprint density at radius 2 is 1.74 bits per heavy atom. The van der Waals surface area contributed by atoms with Gasteiger partial charge in [-0.15, -0.1) is 0 Å². The third-order valence-electron chi connectivity index (χ3n) is 6.23. The molecule has 4 rings (SSSR count). The van der Waals surface area contributed by atoms with E-state index in [4.69, 9.17) is 0 Å². The van der Waals surface area contributed by atoms with Crippen molar-refractivity contribution in [1.29, 1.82) is 0 Å². The van der Waals surface area contributed by atoms with Gasteiger partial charge in [0.2, 0.25) is 15.9 Å². The fourth-order valence-electron chi connectivity index (χ4n) is 4.63. The maximum absolute atomic E-state index is 13.0. The molecule has 7 heteroatoms. The second-order valence-corrected chi connectivity index (χ2v) is 10.1. The number of aryl methyl sites for hydroxylation is 2. The van der Waals surface area contributed by atoms with Crippen molar-refractivity contribution in [3.63, 3.8) is 0 Å². The van der Waals surface area contributed by atoms with Crippen LogP contribution in [-0.2, 0) is 27.7 Å². The molecule has 1 unspecified atom stereocenters. The van der Waals surface area contributed by atoms with Crippen molar-refractivity contribution in [3.05, 3.63) is 29.3 Å². The van der Waals surface area contributed by atoms with Crippen molar-refractivity contribution in [3.8, 4) is 0 Å². The zero-order valence-electron chi connectivity index (χ0n) is 16.1. The number of benzene rings is 1. The minimum Gasteiger partial charge on any atom is -0.340 e. The summed E-state index contributed by atoms with van der Waals surface area (Å²) in [5, 5.41) is 0. The fourth-order valence-corrected chi connectivity index (χ4v) is 6.11. The number of nitrogens with zero attached hydrogens (tertiary/aromatic N) is 3. The molecule has 0 radical (unpaired) electrons. The highest BCUT2D eigenvalue weighted by atomic mass is 32.2. The largest absolute Gasteiger partial charge is 0.340 e. The Kier molecular flexibility index (Phi) is 5.27. The monoisotopic (exact) mass is 391 g/mol.